The highest BCUT2D eigenvalue weighted by molar-refractivity contribution is 5.90. The lowest BCUT2D eigenvalue weighted by Crippen LogP contribution is -2.34. The van der Waals surface area contributed by atoms with Crippen molar-refractivity contribution in [2.45, 2.75) is 25.5 Å². The third kappa shape index (κ3) is 3.92. The summed E-state index contributed by atoms with van der Waals surface area (Å²) in [7, 11) is 0. The SMILES string of the molecule is C=CCOC(=O)N1CC2CC2C1c1cccc(N2CC(CNC(C)=O)OC2=O)c1. The van der Waals surface area contributed by atoms with Crippen LogP contribution in [0.5, 0.6) is 0 Å². The van der Waals surface area contributed by atoms with E-state index in [2.05, 4.69) is 11.9 Å². The standard InChI is InChI=1S/C21H25N3O5/c1-3-7-28-20(26)24-11-15-9-18(15)19(24)14-5-4-6-16(8-14)23-12-17(29-21(23)27)10-22-13(2)25/h3-6,8,15,17-19H,1,7,9-12H2,2H3,(H,22,25). The zero-order valence-corrected chi connectivity index (χ0v) is 16.4. The number of cyclic esters (lactones) is 1. The summed E-state index contributed by atoms with van der Waals surface area (Å²) in [5, 5.41) is 2.67. The Bertz CT molecular complexity index is 841. The predicted molar refractivity (Wildman–Crippen MR) is 105 cm³/mol. The number of ether oxygens (including phenoxy) is 2. The fourth-order valence-corrected chi connectivity index (χ4v) is 4.27. The molecule has 3 fully saturated rings. The molecule has 0 bridgehead atoms. The van der Waals surface area contributed by atoms with Crippen LogP contribution < -0.4 is 10.2 Å². The van der Waals surface area contributed by atoms with Gasteiger partial charge in [-0.3, -0.25) is 9.69 Å². The van der Waals surface area contributed by atoms with Crippen molar-refractivity contribution >= 4 is 23.8 Å². The lowest BCUT2D eigenvalue weighted by atomic mass is 10.0. The molecule has 1 aliphatic carbocycles. The van der Waals surface area contributed by atoms with Gasteiger partial charge in [-0.2, -0.15) is 0 Å². The number of amides is 3. The molecule has 2 saturated heterocycles. The van der Waals surface area contributed by atoms with Crippen molar-refractivity contribution in [2.24, 2.45) is 11.8 Å². The second-order valence-electron chi connectivity index (χ2n) is 7.77. The maximum atomic E-state index is 12.5. The fraction of sp³-hybridized carbons (Fsp3) is 0.476. The Kier molecular flexibility index (Phi) is 5.17. The number of benzene rings is 1. The first-order chi connectivity index (χ1) is 14.0. The summed E-state index contributed by atoms with van der Waals surface area (Å²) in [6.45, 7) is 6.54. The van der Waals surface area contributed by atoms with Crippen LogP contribution in [-0.4, -0.2) is 55.3 Å². The highest BCUT2D eigenvalue weighted by Crippen LogP contribution is 2.56. The van der Waals surface area contributed by atoms with Crippen LogP contribution in [0.3, 0.4) is 0 Å². The van der Waals surface area contributed by atoms with E-state index in [9.17, 15) is 14.4 Å². The number of fused-ring (bicyclic) bond motifs is 1. The van der Waals surface area contributed by atoms with Crippen molar-refractivity contribution in [2.75, 3.05) is 31.1 Å². The van der Waals surface area contributed by atoms with Gasteiger partial charge in [0.05, 0.1) is 19.1 Å². The Labute approximate surface area is 169 Å². The lowest BCUT2D eigenvalue weighted by molar-refractivity contribution is -0.119. The van der Waals surface area contributed by atoms with E-state index >= 15 is 0 Å². The topological polar surface area (TPSA) is 88.2 Å². The zero-order valence-electron chi connectivity index (χ0n) is 16.4. The maximum absolute atomic E-state index is 12.5. The summed E-state index contributed by atoms with van der Waals surface area (Å²) in [5.74, 6) is 0.781. The molecule has 8 heteroatoms. The molecule has 2 heterocycles. The molecule has 4 unspecified atom stereocenters. The van der Waals surface area contributed by atoms with Gasteiger partial charge in [-0.25, -0.2) is 9.59 Å². The Hall–Kier alpha value is -3.03. The quantitative estimate of drug-likeness (QED) is 0.743. The van der Waals surface area contributed by atoms with Gasteiger partial charge in [0.25, 0.3) is 0 Å². The number of nitrogens with one attached hydrogen (secondary N) is 1. The first kappa shape index (κ1) is 19.3. The molecule has 0 spiro atoms. The van der Waals surface area contributed by atoms with E-state index in [1.165, 1.54) is 6.92 Å². The van der Waals surface area contributed by atoms with E-state index in [-0.39, 0.29) is 37.3 Å². The van der Waals surface area contributed by atoms with Crippen molar-refractivity contribution in [1.29, 1.82) is 0 Å². The van der Waals surface area contributed by atoms with E-state index in [0.29, 0.717) is 24.9 Å². The number of carbonyl (C=O) groups is 3. The Morgan fingerprint density at radius 2 is 2.21 bits per heavy atom. The molecule has 1 aromatic carbocycles. The first-order valence-corrected chi connectivity index (χ1v) is 9.84. The van der Waals surface area contributed by atoms with E-state index in [4.69, 9.17) is 9.47 Å². The number of likely N-dealkylation sites (tertiary alicyclic amines) is 1. The molecular formula is C21H25N3O5. The van der Waals surface area contributed by atoms with Crippen LogP contribution >= 0.6 is 0 Å². The number of hydrogen-bond acceptors (Lipinski definition) is 5. The van der Waals surface area contributed by atoms with Gasteiger partial charge in [-0.1, -0.05) is 24.8 Å². The van der Waals surface area contributed by atoms with Crippen molar-refractivity contribution in [3.05, 3.63) is 42.5 Å². The van der Waals surface area contributed by atoms with E-state index < -0.39 is 6.09 Å². The van der Waals surface area contributed by atoms with Crippen LogP contribution in [0.15, 0.2) is 36.9 Å². The van der Waals surface area contributed by atoms with Gasteiger partial charge in [0.2, 0.25) is 5.91 Å². The van der Waals surface area contributed by atoms with Crippen LogP contribution in [0.2, 0.25) is 0 Å². The van der Waals surface area contributed by atoms with Crippen LogP contribution in [0, 0.1) is 11.8 Å². The summed E-state index contributed by atoms with van der Waals surface area (Å²) >= 11 is 0. The minimum absolute atomic E-state index is 0.0499. The van der Waals surface area contributed by atoms with Crippen LogP contribution in [0.25, 0.3) is 0 Å². The molecule has 3 aliphatic rings. The Morgan fingerprint density at radius 3 is 2.97 bits per heavy atom. The molecule has 0 radical (unpaired) electrons. The fourth-order valence-electron chi connectivity index (χ4n) is 4.27. The number of piperidine rings is 1. The molecule has 1 N–H and O–H groups in total. The molecule has 1 saturated carbocycles. The van der Waals surface area contributed by atoms with Gasteiger partial charge >= 0.3 is 12.2 Å². The van der Waals surface area contributed by atoms with Gasteiger partial charge in [-0.15, -0.1) is 0 Å². The Balaban J connectivity index is 1.50. The molecular weight excluding hydrogens is 374 g/mol. The summed E-state index contributed by atoms with van der Waals surface area (Å²) < 4.78 is 10.6. The van der Waals surface area contributed by atoms with Crippen molar-refractivity contribution in [1.82, 2.24) is 10.2 Å². The summed E-state index contributed by atoms with van der Waals surface area (Å²) in [6.07, 6.45) is 1.50. The van der Waals surface area contributed by atoms with Crippen molar-refractivity contribution in [3.63, 3.8) is 0 Å². The number of nitrogens with zero attached hydrogens (tertiary/aromatic N) is 2. The number of rotatable bonds is 6. The molecule has 1 aromatic rings. The summed E-state index contributed by atoms with van der Waals surface area (Å²) in [5.41, 5.74) is 1.71. The van der Waals surface area contributed by atoms with E-state index in [1.54, 1.807) is 15.9 Å². The number of carbonyl (C=O) groups excluding carboxylic acids is 3. The molecule has 29 heavy (non-hydrogen) atoms. The van der Waals surface area contributed by atoms with Crippen LogP contribution in [0.1, 0.15) is 24.9 Å². The normalized spacial score (nSPS) is 27.3. The summed E-state index contributed by atoms with van der Waals surface area (Å²) in [6, 6.07) is 7.62. The smallest absolute Gasteiger partial charge is 0.414 e. The number of hydrogen-bond donors (Lipinski definition) is 1. The van der Waals surface area contributed by atoms with E-state index in [1.807, 2.05) is 24.3 Å². The second kappa shape index (κ2) is 7.77. The lowest BCUT2D eigenvalue weighted by Gasteiger charge is -2.27. The second-order valence-corrected chi connectivity index (χ2v) is 7.77. The maximum Gasteiger partial charge on any atom is 0.414 e. The summed E-state index contributed by atoms with van der Waals surface area (Å²) in [4.78, 5) is 39.2. The minimum atomic E-state index is -0.435. The van der Waals surface area contributed by atoms with Crippen molar-refractivity contribution in [3.8, 4) is 0 Å². The third-order valence-electron chi connectivity index (χ3n) is 5.69. The molecule has 8 nitrogen and oxygen atoms in total. The molecule has 4 atom stereocenters. The average molecular weight is 399 g/mol. The van der Waals surface area contributed by atoms with Gasteiger partial charge in [-0.05, 0) is 36.0 Å². The van der Waals surface area contributed by atoms with E-state index in [0.717, 1.165) is 17.7 Å². The highest BCUT2D eigenvalue weighted by Gasteiger charge is 2.55. The zero-order chi connectivity index (χ0) is 20.5. The molecule has 3 amide bonds. The molecule has 154 valence electrons. The van der Waals surface area contributed by atoms with Gasteiger partial charge in [0.15, 0.2) is 0 Å². The molecule has 0 aromatic heterocycles. The Morgan fingerprint density at radius 1 is 1.38 bits per heavy atom. The minimum Gasteiger partial charge on any atom is -0.445 e. The van der Waals surface area contributed by atoms with Crippen molar-refractivity contribution < 1.29 is 23.9 Å². The number of anilines is 1. The van der Waals surface area contributed by atoms with Crippen LogP contribution in [0.4, 0.5) is 15.3 Å². The predicted octanol–water partition coefficient (Wildman–Crippen LogP) is 2.46. The molecule has 2 aliphatic heterocycles. The first-order valence-electron chi connectivity index (χ1n) is 9.84. The average Bonchev–Trinajstić information content (AvgIpc) is 3.20. The highest BCUT2D eigenvalue weighted by atomic mass is 16.6. The van der Waals surface area contributed by atoms with Gasteiger partial charge in [0, 0.05) is 19.2 Å². The monoisotopic (exact) mass is 399 g/mol. The third-order valence-corrected chi connectivity index (χ3v) is 5.69. The molecule has 4 rings (SSSR count). The van der Waals surface area contributed by atoms with Crippen LogP contribution in [-0.2, 0) is 14.3 Å². The van der Waals surface area contributed by atoms with Gasteiger partial charge < -0.3 is 19.7 Å². The largest absolute Gasteiger partial charge is 0.445 e. The van der Waals surface area contributed by atoms with Gasteiger partial charge in [0.1, 0.15) is 12.7 Å².